The first-order valence-corrected chi connectivity index (χ1v) is 14.3. The van der Waals surface area contributed by atoms with Crippen LogP contribution in [-0.2, 0) is 11.3 Å². The van der Waals surface area contributed by atoms with Crippen molar-refractivity contribution in [2.45, 2.75) is 76.9 Å². The van der Waals surface area contributed by atoms with E-state index in [4.69, 9.17) is 14.2 Å². The number of unbranched alkanes of at least 4 members (excludes halogenated alkanes) is 2. The first kappa shape index (κ1) is 29.7. The largest absolute Gasteiger partial charge is 0.494 e. The summed E-state index contributed by atoms with van der Waals surface area (Å²) in [7, 11) is 0. The molecule has 1 aliphatic rings. The summed E-state index contributed by atoms with van der Waals surface area (Å²) in [5.74, 6) is -1.09. The van der Waals surface area contributed by atoms with Gasteiger partial charge < -0.3 is 14.2 Å². The van der Waals surface area contributed by atoms with Crippen LogP contribution >= 0.6 is 0 Å². The van der Waals surface area contributed by atoms with Crippen molar-refractivity contribution in [3.63, 3.8) is 0 Å². The Morgan fingerprint density at radius 2 is 1.60 bits per heavy atom. The zero-order chi connectivity index (χ0) is 28.3. The molecule has 0 amide bonds. The minimum atomic E-state index is -0.814. The second-order valence-electron chi connectivity index (χ2n) is 10.4. The Bertz CT molecular complexity index is 1230. The molecule has 3 aromatic rings. The molecule has 0 atom stereocenters. The smallest absolute Gasteiger partial charge is 0.166 e. The lowest BCUT2D eigenvalue weighted by Gasteiger charge is -2.29. The van der Waals surface area contributed by atoms with Crippen LogP contribution in [0.5, 0.6) is 11.5 Å². The molecule has 214 valence electrons. The van der Waals surface area contributed by atoms with Gasteiger partial charge in [-0.3, -0.25) is 0 Å². The molecule has 40 heavy (non-hydrogen) atoms. The second-order valence-corrected chi connectivity index (χ2v) is 10.4. The van der Waals surface area contributed by atoms with Gasteiger partial charge in [0.25, 0.3) is 0 Å². The van der Waals surface area contributed by atoms with Gasteiger partial charge in [-0.2, -0.15) is 0 Å². The summed E-state index contributed by atoms with van der Waals surface area (Å²) in [5, 5.41) is 0. The molecule has 0 aromatic heterocycles. The Morgan fingerprint density at radius 1 is 0.850 bits per heavy atom. The lowest BCUT2D eigenvalue weighted by molar-refractivity contribution is 0.0130. The third-order valence-corrected chi connectivity index (χ3v) is 7.45. The number of allylic oxidation sites excluding steroid dienone is 1. The molecule has 0 heterocycles. The van der Waals surface area contributed by atoms with Crippen molar-refractivity contribution >= 4 is 0 Å². The van der Waals surface area contributed by atoms with E-state index in [1.54, 1.807) is 42.5 Å². The molecule has 0 aliphatic heterocycles. The van der Waals surface area contributed by atoms with Gasteiger partial charge >= 0.3 is 0 Å². The van der Waals surface area contributed by atoms with E-state index >= 15 is 8.78 Å². The first-order chi connectivity index (χ1) is 19.5. The molecule has 6 heteroatoms. The molecule has 1 aliphatic carbocycles. The molecule has 0 spiro atoms. The van der Waals surface area contributed by atoms with Crippen LogP contribution in [0.25, 0.3) is 11.1 Å². The number of rotatable bonds is 14. The van der Waals surface area contributed by atoms with E-state index < -0.39 is 17.5 Å². The zero-order valence-corrected chi connectivity index (χ0v) is 23.3. The summed E-state index contributed by atoms with van der Waals surface area (Å²) in [5.41, 5.74) is 2.03. The predicted molar refractivity (Wildman–Crippen MR) is 153 cm³/mol. The summed E-state index contributed by atoms with van der Waals surface area (Å²) < 4.78 is 61.9. The van der Waals surface area contributed by atoms with E-state index in [-0.39, 0.29) is 23.3 Å². The van der Waals surface area contributed by atoms with Crippen molar-refractivity contribution in [1.29, 1.82) is 0 Å². The molecule has 1 fully saturated rings. The van der Waals surface area contributed by atoms with E-state index in [1.807, 2.05) is 12.1 Å². The highest BCUT2D eigenvalue weighted by atomic mass is 19.2. The minimum Gasteiger partial charge on any atom is -0.494 e. The molecule has 3 nitrogen and oxygen atoms in total. The predicted octanol–water partition coefficient (Wildman–Crippen LogP) is 9.54. The Labute approximate surface area is 236 Å². The van der Waals surface area contributed by atoms with Crippen LogP contribution < -0.4 is 9.47 Å². The van der Waals surface area contributed by atoms with Crippen LogP contribution in [0, 0.1) is 17.5 Å². The average Bonchev–Trinajstić information content (AvgIpc) is 2.97. The van der Waals surface area contributed by atoms with E-state index in [9.17, 15) is 4.39 Å². The van der Waals surface area contributed by atoms with E-state index in [2.05, 4.69) is 13.5 Å². The van der Waals surface area contributed by atoms with Crippen molar-refractivity contribution in [3.05, 3.63) is 95.8 Å². The summed E-state index contributed by atoms with van der Waals surface area (Å²) in [6.45, 7) is 7.14. The molecule has 4 rings (SSSR count). The second kappa shape index (κ2) is 14.9. The first-order valence-electron chi connectivity index (χ1n) is 14.3. The van der Waals surface area contributed by atoms with E-state index in [1.165, 1.54) is 6.07 Å². The molecule has 0 bridgehead atoms. The lowest BCUT2D eigenvalue weighted by Crippen LogP contribution is -2.21. The number of ether oxygens (including phenoxy) is 3. The van der Waals surface area contributed by atoms with Crippen LogP contribution in [0.2, 0.25) is 0 Å². The van der Waals surface area contributed by atoms with Gasteiger partial charge in [0.15, 0.2) is 23.2 Å². The van der Waals surface area contributed by atoms with Crippen molar-refractivity contribution in [2.75, 3.05) is 13.2 Å². The zero-order valence-electron chi connectivity index (χ0n) is 23.3. The number of benzene rings is 3. The highest BCUT2D eigenvalue weighted by Gasteiger charge is 2.27. The lowest BCUT2D eigenvalue weighted by atomic mass is 9.82. The van der Waals surface area contributed by atoms with Crippen molar-refractivity contribution in [3.8, 4) is 22.6 Å². The highest BCUT2D eigenvalue weighted by molar-refractivity contribution is 5.65. The summed E-state index contributed by atoms with van der Waals surface area (Å²) in [6.07, 6.45) is 8.33. The normalized spacial score (nSPS) is 17.0. The molecule has 0 saturated heterocycles. The number of halogens is 3. The average molecular weight is 553 g/mol. The fraction of sp³-hybridized carbons (Fsp3) is 0.412. The topological polar surface area (TPSA) is 27.7 Å². The van der Waals surface area contributed by atoms with Crippen LogP contribution in [0.15, 0.2) is 67.3 Å². The molecule has 0 radical (unpaired) electrons. The van der Waals surface area contributed by atoms with Gasteiger partial charge in [-0.15, -0.1) is 6.58 Å². The Hall–Kier alpha value is -3.25. The van der Waals surface area contributed by atoms with Crippen molar-refractivity contribution in [1.82, 2.24) is 0 Å². The molecule has 3 aromatic carbocycles. The summed E-state index contributed by atoms with van der Waals surface area (Å²) in [4.78, 5) is 0. The molecule has 1 saturated carbocycles. The maximum atomic E-state index is 15.2. The monoisotopic (exact) mass is 552 g/mol. The van der Waals surface area contributed by atoms with Gasteiger partial charge in [0.05, 0.1) is 25.9 Å². The Morgan fingerprint density at radius 3 is 2.30 bits per heavy atom. The SMILES string of the molecule is C=CCCCOc1ccc(COC2CCC(c3ccc(-c4ccc(OCCCC)cc4)c(F)c3F)CC2)cc1F. The van der Waals surface area contributed by atoms with E-state index in [0.29, 0.717) is 43.8 Å². The van der Waals surface area contributed by atoms with Gasteiger partial charge in [0.1, 0.15) is 5.75 Å². The third kappa shape index (κ3) is 7.91. The van der Waals surface area contributed by atoms with Gasteiger partial charge in [0.2, 0.25) is 0 Å². The van der Waals surface area contributed by atoms with Crippen molar-refractivity contribution in [2.24, 2.45) is 0 Å². The van der Waals surface area contributed by atoms with Crippen LogP contribution in [0.1, 0.15) is 75.3 Å². The maximum Gasteiger partial charge on any atom is 0.166 e. The molecule has 0 N–H and O–H groups in total. The minimum absolute atomic E-state index is 0.000572. The van der Waals surface area contributed by atoms with Gasteiger partial charge in [-0.25, -0.2) is 13.2 Å². The highest BCUT2D eigenvalue weighted by Crippen LogP contribution is 2.38. The standard InChI is InChI=1S/C34H39F3O3/c1-3-5-7-21-39-32-19-8-24(22-31(32)35)23-40-28-15-11-26(12-16-28)30-18-17-29(33(36)34(30)37)25-9-13-27(14-10-25)38-20-6-4-2/h3,8-10,13-14,17-19,22,26,28H,1,4-7,11-12,15-16,20-21,23H2,2H3. The van der Waals surface area contributed by atoms with Gasteiger partial charge in [-0.05, 0) is 91.8 Å². The van der Waals surface area contributed by atoms with Crippen LogP contribution in [-0.4, -0.2) is 19.3 Å². The fourth-order valence-electron chi connectivity index (χ4n) is 5.08. The van der Waals surface area contributed by atoms with E-state index in [0.717, 1.165) is 49.8 Å². The van der Waals surface area contributed by atoms with Crippen LogP contribution in [0.4, 0.5) is 13.2 Å². The molecular formula is C34H39F3O3. The number of hydrogen-bond donors (Lipinski definition) is 0. The fourth-order valence-corrected chi connectivity index (χ4v) is 5.08. The third-order valence-electron chi connectivity index (χ3n) is 7.45. The Balaban J connectivity index is 1.28. The van der Waals surface area contributed by atoms with Crippen LogP contribution in [0.3, 0.4) is 0 Å². The quantitative estimate of drug-likeness (QED) is 0.147. The Kier molecular flexibility index (Phi) is 11.1. The van der Waals surface area contributed by atoms with Crippen molar-refractivity contribution < 1.29 is 27.4 Å². The summed E-state index contributed by atoms with van der Waals surface area (Å²) in [6, 6.07) is 15.4. The maximum absolute atomic E-state index is 15.2. The van der Waals surface area contributed by atoms with Gasteiger partial charge in [0, 0.05) is 5.56 Å². The summed E-state index contributed by atoms with van der Waals surface area (Å²) >= 11 is 0. The molecule has 0 unspecified atom stereocenters. The molecular weight excluding hydrogens is 513 g/mol. The van der Waals surface area contributed by atoms with Gasteiger partial charge in [-0.1, -0.05) is 49.8 Å². The number of hydrogen-bond acceptors (Lipinski definition) is 3.